The molecule has 1 saturated carbocycles. The number of hydrogen-bond donors (Lipinski definition) is 1. The summed E-state index contributed by atoms with van der Waals surface area (Å²) in [5, 5.41) is 7.82. The molecule has 1 aliphatic carbocycles. The van der Waals surface area contributed by atoms with Crippen LogP contribution in [0.25, 0.3) is 0 Å². The maximum absolute atomic E-state index is 14.1. The quantitative estimate of drug-likeness (QED) is 0.847. The minimum absolute atomic E-state index is 0.0239. The SMILES string of the molecule is CC(C)n1cc([C@H](C)N[C@@H](c2cc(F)ccc2F)C2CC2)cn1. The molecule has 2 aromatic rings. The van der Waals surface area contributed by atoms with Gasteiger partial charge in [0.2, 0.25) is 0 Å². The number of hydrogen-bond acceptors (Lipinski definition) is 2. The number of halogens is 2. The summed E-state index contributed by atoms with van der Waals surface area (Å²) < 4.78 is 29.6. The van der Waals surface area contributed by atoms with Crippen molar-refractivity contribution in [3.8, 4) is 0 Å². The Balaban J connectivity index is 1.80. The van der Waals surface area contributed by atoms with Gasteiger partial charge in [-0.3, -0.25) is 4.68 Å². The average Bonchev–Trinajstić information content (AvgIpc) is 3.22. The smallest absolute Gasteiger partial charge is 0.128 e. The average molecular weight is 319 g/mol. The van der Waals surface area contributed by atoms with Crippen molar-refractivity contribution in [3.05, 3.63) is 53.4 Å². The fraction of sp³-hybridized carbons (Fsp3) is 0.500. The maximum atomic E-state index is 14.1. The van der Waals surface area contributed by atoms with Gasteiger partial charge in [-0.2, -0.15) is 5.10 Å². The topological polar surface area (TPSA) is 29.9 Å². The minimum Gasteiger partial charge on any atom is -0.303 e. The van der Waals surface area contributed by atoms with E-state index >= 15 is 0 Å². The molecule has 1 aromatic carbocycles. The van der Waals surface area contributed by atoms with Crippen molar-refractivity contribution in [1.29, 1.82) is 0 Å². The first-order chi connectivity index (χ1) is 11.0. The number of rotatable bonds is 6. The van der Waals surface area contributed by atoms with E-state index in [1.54, 1.807) is 0 Å². The Labute approximate surface area is 135 Å². The van der Waals surface area contributed by atoms with Crippen LogP contribution in [-0.4, -0.2) is 9.78 Å². The fourth-order valence-corrected chi connectivity index (χ4v) is 2.89. The highest BCUT2D eigenvalue weighted by Gasteiger charge is 2.35. The van der Waals surface area contributed by atoms with Crippen LogP contribution in [0.4, 0.5) is 8.78 Å². The molecule has 0 bridgehead atoms. The number of nitrogens with zero attached hydrogens (tertiary/aromatic N) is 2. The molecule has 0 aliphatic heterocycles. The van der Waals surface area contributed by atoms with Gasteiger partial charge >= 0.3 is 0 Å². The maximum Gasteiger partial charge on any atom is 0.128 e. The predicted molar refractivity (Wildman–Crippen MR) is 86.0 cm³/mol. The van der Waals surface area contributed by atoms with Gasteiger partial charge in [0.05, 0.1) is 6.20 Å². The summed E-state index contributed by atoms with van der Waals surface area (Å²) in [6, 6.07) is 3.85. The second-order valence-corrected chi connectivity index (χ2v) is 6.72. The zero-order valence-corrected chi connectivity index (χ0v) is 13.8. The lowest BCUT2D eigenvalue weighted by molar-refractivity contribution is 0.409. The van der Waals surface area contributed by atoms with Crippen LogP contribution in [0.3, 0.4) is 0 Å². The van der Waals surface area contributed by atoms with E-state index in [1.807, 2.05) is 24.0 Å². The molecule has 0 saturated heterocycles. The summed E-state index contributed by atoms with van der Waals surface area (Å²) in [6.07, 6.45) is 5.94. The van der Waals surface area contributed by atoms with Crippen molar-refractivity contribution in [2.45, 2.75) is 51.7 Å². The normalized spacial score (nSPS) is 17.5. The molecule has 124 valence electrons. The third-order valence-electron chi connectivity index (χ3n) is 4.47. The van der Waals surface area contributed by atoms with E-state index in [1.165, 1.54) is 18.2 Å². The zero-order valence-electron chi connectivity index (χ0n) is 13.8. The molecule has 0 spiro atoms. The van der Waals surface area contributed by atoms with Crippen LogP contribution in [0.2, 0.25) is 0 Å². The van der Waals surface area contributed by atoms with Crippen LogP contribution in [0.1, 0.15) is 62.9 Å². The highest BCUT2D eigenvalue weighted by Crippen LogP contribution is 2.43. The second-order valence-electron chi connectivity index (χ2n) is 6.72. The first-order valence-electron chi connectivity index (χ1n) is 8.20. The molecule has 2 atom stereocenters. The predicted octanol–water partition coefficient (Wildman–Crippen LogP) is 4.54. The molecule has 1 aliphatic rings. The van der Waals surface area contributed by atoms with Crippen molar-refractivity contribution >= 4 is 0 Å². The van der Waals surface area contributed by atoms with E-state index in [4.69, 9.17) is 0 Å². The fourth-order valence-electron chi connectivity index (χ4n) is 2.89. The van der Waals surface area contributed by atoms with Crippen LogP contribution in [0.5, 0.6) is 0 Å². The molecule has 1 heterocycles. The van der Waals surface area contributed by atoms with E-state index < -0.39 is 5.82 Å². The minimum atomic E-state index is -0.394. The van der Waals surface area contributed by atoms with E-state index in [2.05, 4.69) is 24.3 Å². The van der Waals surface area contributed by atoms with Crippen molar-refractivity contribution < 1.29 is 8.78 Å². The number of aromatic nitrogens is 2. The first kappa shape index (κ1) is 16.1. The molecule has 3 rings (SSSR count). The molecule has 3 nitrogen and oxygen atoms in total. The van der Waals surface area contributed by atoms with Gasteiger partial charge in [0.25, 0.3) is 0 Å². The van der Waals surface area contributed by atoms with Crippen molar-refractivity contribution in [1.82, 2.24) is 15.1 Å². The van der Waals surface area contributed by atoms with Crippen LogP contribution >= 0.6 is 0 Å². The van der Waals surface area contributed by atoms with Crippen LogP contribution < -0.4 is 5.32 Å². The molecule has 1 N–H and O–H groups in total. The molecule has 0 amide bonds. The third kappa shape index (κ3) is 3.61. The van der Waals surface area contributed by atoms with Gasteiger partial charge < -0.3 is 5.32 Å². The summed E-state index contributed by atoms with van der Waals surface area (Å²) in [7, 11) is 0. The van der Waals surface area contributed by atoms with Gasteiger partial charge in [-0.25, -0.2) is 8.78 Å². The second kappa shape index (κ2) is 6.40. The van der Waals surface area contributed by atoms with E-state index in [-0.39, 0.29) is 17.9 Å². The van der Waals surface area contributed by atoms with Gasteiger partial charge in [-0.1, -0.05) is 0 Å². The molecule has 1 aromatic heterocycles. The van der Waals surface area contributed by atoms with Crippen LogP contribution in [-0.2, 0) is 0 Å². The Bertz CT molecular complexity index is 677. The van der Waals surface area contributed by atoms with Gasteiger partial charge in [0, 0.05) is 35.4 Å². The molecular weight excluding hydrogens is 296 g/mol. The highest BCUT2D eigenvalue weighted by atomic mass is 19.1. The molecule has 5 heteroatoms. The van der Waals surface area contributed by atoms with Gasteiger partial charge in [0.1, 0.15) is 11.6 Å². The summed E-state index contributed by atoms with van der Waals surface area (Å²) >= 11 is 0. The summed E-state index contributed by atoms with van der Waals surface area (Å²) in [6.45, 7) is 6.18. The Morgan fingerprint density at radius 1 is 1.22 bits per heavy atom. The summed E-state index contributed by atoms with van der Waals surface area (Å²) in [5.74, 6) is -0.371. The Kier molecular flexibility index (Phi) is 4.48. The van der Waals surface area contributed by atoms with Crippen molar-refractivity contribution in [2.24, 2.45) is 5.92 Å². The summed E-state index contributed by atoms with van der Waals surface area (Å²) in [5.41, 5.74) is 1.48. The van der Waals surface area contributed by atoms with E-state index in [9.17, 15) is 8.78 Å². The zero-order chi connectivity index (χ0) is 16.6. The third-order valence-corrected chi connectivity index (χ3v) is 4.47. The Morgan fingerprint density at radius 3 is 2.57 bits per heavy atom. The lowest BCUT2D eigenvalue weighted by atomic mass is 9.99. The van der Waals surface area contributed by atoms with Gasteiger partial charge in [0.15, 0.2) is 0 Å². The largest absolute Gasteiger partial charge is 0.303 e. The van der Waals surface area contributed by atoms with Gasteiger partial charge in [-0.15, -0.1) is 0 Å². The molecule has 0 radical (unpaired) electrons. The number of benzene rings is 1. The molecule has 23 heavy (non-hydrogen) atoms. The lowest BCUT2D eigenvalue weighted by Gasteiger charge is -2.23. The van der Waals surface area contributed by atoms with E-state index in [0.29, 0.717) is 17.5 Å². The molecular formula is C18H23F2N3. The van der Waals surface area contributed by atoms with Crippen LogP contribution in [0.15, 0.2) is 30.6 Å². The first-order valence-corrected chi connectivity index (χ1v) is 8.20. The van der Waals surface area contributed by atoms with Crippen LogP contribution in [0, 0.1) is 17.6 Å². The monoisotopic (exact) mass is 319 g/mol. The summed E-state index contributed by atoms with van der Waals surface area (Å²) in [4.78, 5) is 0. The van der Waals surface area contributed by atoms with Gasteiger partial charge in [-0.05, 0) is 57.7 Å². The van der Waals surface area contributed by atoms with E-state index in [0.717, 1.165) is 18.4 Å². The standard InChI is InChI=1S/C18H23F2N3/c1-11(2)23-10-14(9-21-23)12(3)22-18(13-4-5-13)16-8-15(19)6-7-17(16)20/h6-13,18,22H,4-5H2,1-3H3/t12-,18+/m0/s1. The van der Waals surface area contributed by atoms with Crippen molar-refractivity contribution in [3.63, 3.8) is 0 Å². The molecule has 1 fully saturated rings. The van der Waals surface area contributed by atoms with Crippen molar-refractivity contribution in [2.75, 3.05) is 0 Å². The molecule has 0 unspecified atom stereocenters. The Morgan fingerprint density at radius 2 is 1.96 bits per heavy atom. The Hall–Kier alpha value is -1.75. The lowest BCUT2D eigenvalue weighted by Crippen LogP contribution is -2.27. The highest BCUT2D eigenvalue weighted by molar-refractivity contribution is 5.25. The number of nitrogens with one attached hydrogen (secondary N) is 1.